The number of hydrogen-bond acceptors (Lipinski definition) is 4. The zero-order valence-electron chi connectivity index (χ0n) is 9.00. The number of nitrogens with one attached hydrogen (secondary N) is 1. The molecule has 16 heavy (non-hydrogen) atoms. The molecule has 0 bridgehead atoms. The molecule has 0 saturated carbocycles. The fraction of sp³-hybridized carbons (Fsp3) is 0.364. The predicted molar refractivity (Wildman–Crippen MR) is 64.2 cm³/mol. The molecule has 0 spiro atoms. The maximum absolute atomic E-state index is 5.63. The molecule has 0 saturated heterocycles. The quantitative estimate of drug-likeness (QED) is 0.858. The molecule has 0 atom stereocenters. The van der Waals surface area contributed by atoms with E-state index in [4.69, 9.17) is 8.83 Å². The number of furan rings is 1. The van der Waals surface area contributed by atoms with Gasteiger partial charge in [-0.1, -0.05) is 0 Å². The van der Waals surface area contributed by atoms with E-state index >= 15 is 0 Å². The third kappa shape index (κ3) is 2.54. The van der Waals surface area contributed by atoms with Crippen molar-refractivity contribution in [3.63, 3.8) is 0 Å². The minimum Gasteiger partial charge on any atom is -0.457 e. The zero-order valence-corrected chi connectivity index (χ0v) is 10.6. The van der Waals surface area contributed by atoms with Crippen LogP contribution in [0.1, 0.15) is 12.3 Å². The largest absolute Gasteiger partial charge is 0.457 e. The highest BCUT2D eigenvalue weighted by molar-refractivity contribution is 9.10. The van der Waals surface area contributed by atoms with Gasteiger partial charge in [0.25, 0.3) is 0 Å². The van der Waals surface area contributed by atoms with Gasteiger partial charge >= 0.3 is 0 Å². The Bertz CT molecular complexity index is 450. The number of hydrogen-bond donors (Lipinski definition) is 1. The summed E-state index contributed by atoms with van der Waals surface area (Å²) in [5, 5.41) is 3.09. The third-order valence-corrected chi connectivity index (χ3v) is 2.87. The van der Waals surface area contributed by atoms with E-state index in [1.54, 1.807) is 12.5 Å². The van der Waals surface area contributed by atoms with E-state index in [1.807, 2.05) is 13.1 Å². The summed E-state index contributed by atoms with van der Waals surface area (Å²) in [5.74, 6) is 1.50. The maximum atomic E-state index is 5.63. The summed E-state index contributed by atoms with van der Waals surface area (Å²) >= 11 is 3.31. The summed E-state index contributed by atoms with van der Waals surface area (Å²) in [7, 11) is 1.93. The van der Waals surface area contributed by atoms with Crippen LogP contribution in [-0.2, 0) is 6.42 Å². The summed E-state index contributed by atoms with van der Waals surface area (Å²) < 4.78 is 11.4. The molecule has 0 aliphatic carbocycles. The standard InChI is InChI=1S/C11H13BrN2O2/c1-13-5-2-3-10-14-7-9(16-10)8-4-6-15-11(8)12/h4,6-7,13H,2-3,5H2,1H3. The summed E-state index contributed by atoms with van der Waals surface area (Å²) in [5.41, 5.74) is 0.896. The molecular weight excluding hydrogens is 272 g/mol. The van der Waals surface area contributed by atoms with Crippen molar-refractivity contribution in [2.24, 2.45) is 0 Å². The second kappa shape index (κ2) is 5.32. The van der Waals surface area contributed by atoms with E-state index in [-0.39, 0.29) is 0 Å². The lowest BCUT2D eigenvalue weighted by Crippen LogP contribution is -2.08. The zero-order chi connectivity index (χ0) is 11.4. The molecule has 2 aromatic heterocycles. The van der Waals surface area contributed by atoms with E-state index in [9.17, 15) is 0 Å². The van der Waals surface area contributed by atoms with Gasteiger partial charge in [0.2, 0.25) is 0 Å². The predicted octanol–water partition coefficient (Wildman–Crippen LogP) is 2.85. The number of halogens is 1. The van der Waals surface area contributed by atoms with Crippen molar-refractivity contribution in [1.29, 1.82) is 0 Å². The minimum atomic E-state index is 0.672. The van der Waals surface area contributed by atoms with E-state index in [0.29, 0.717) is 4.67 Å². The Labute approximate surface area is 102 Å². The van der Waals surface area contributed by atoms with Crippen LogP contribution in [0.4, 0.5) is 0 Å². The SMILES string of the molecule is CNCCCc1ncc(-c2ccoc2Br)o1. The molecule has 0 aliphatic heterocycles. The Kier molecular flexibility index (Phi) is 3.79. The monoisotopic (exact) mass is 284 g/mol. The van der Waals surface area contributed by atoms with E-state index in [2.05, 4.69) is 26.2 Å². The van der Waals surface area contributed by atoms with Crippen LogP contribution < -0.4 is 5.32 Å². The van der Waals surface area contributed by atoms with Gasteiger partial charge in [0, 0.05) is 6.42 Å². The van der Waals surface area contributed by atoms with Crippen molar-refractivity contribution in [2.45, 2.75) is 12.8 Å². The molecule has 86 valence electrons. The van der Waals surface area contributed by atoms with Crippen molar-refractivity contribution in [3.05, 3.63) is 29.1 Å². The van der Waals surface area contributed by atoms with Gasteiger partial charge in [-0.3, -0.25) is 0 Å². The van der Waals surface area contributed by atoms with Crippen molar-refractivity contribution in [2.75, 3.05) is 13.6 Å². The van der Waals surface area contributed by atoms with Crippen molar-refractivity contribution in [3.8, 4) is 11.3 Å². The smallest absolute Gasteiger partial charge is 0.194 e. The number of rotatable bonds is 5. The van der Waals surface area contributed by atoms with E-state index < -0.39 is 0 Å². The molecule has 0 aromatic carbocycles. The summed E-state index contributed by atoms with van der Waals surface area (Å²) in [6, 6.07) is 1.85. The number of oxazole rings is 1. The molecule has 2 aromatic rings. The van der Waals surface area contributed by atoms with Gasteiger partial charge in [-0.2, -0.15) is 0 Å². The van der Waals surface area contributed by atoms with Crippen LogP contribution in [0, 0.1) is 0 Å². The molecule has 2 heterocycles. The van der Waals surface area contributed by atoms with E-state index in [0.717, 1.165) is 36.6 Å². The van der Waals surface area contributed by atoms with Gasteiger partial charge in [-0.15, -0.1) is 0 Å². The topological polar surface area (TPSA) is 51.2 Å². The Balaban J connectivity index is 2.05. The minimum absolute atomic E-state index is 0.672. The normalized spacial score (nSPS) is 10.9. The third-order valence-electron chi connectivity index (χ3n) is 2.25. The van der Waals surface area contributed by atoms with Gasteiger partial charge in [0.05, 0.1) is 18.0 Å². The lowest BCUT2D eigenvalue weighted by molar-refractivity contribution is 0.492. The van der Waals surface area contributed by atoms with Crippen molar-refractivity contribution in [1.82, 2.24) is 10.3 Å². The Morgan fingerprint density at radius 2 is 2.38 bits per heavy atom. The lowest BCUT2D eigenvalue weighted by atomic mass is 10.3. The van der Waals surface area contributed by atoms with Gasteiger partial charge < -0.3 is 14.2 Å². The number of nitrogens with zero attached hydrogens (tertiary/aromatic N) is 1. The fourth-order valence-corrected chi connectivity index (χ4v) is 1.87. The second-order valence-corrected chi connectivity index (χ2v) is 4.15. The van der Waals surface area contributed by atoms with E-state index in [1.165, 1.54) is 0 Å². The van der Waals surface area contributed by atoms with Gasteiger partial charge in [0.15, 0.2) is 16.3 Å². The first kappa shape index (κ1) is 11.4. The molecule has 4 nitrogen and oxygen atoms in total. The van der Waals surface area contributed by atoms with Gasteiger partial charge in [0.1, 0.15) is 0 Å². The highest BCUT2D eigenvalue weighted by atomic mass is 79.9. The Hall–Kier alpha value is -1.07. The number of aryl methyl sites for hydroxylation is 1. The fourth-order valence-electron chi connectivity index (χ4n) is 1.44. The summed E-state index contributed by atoms with van der Waals surface area (Å²) in [6.07, 6.45) is 5.20. The lowest BCUT2D eigenvalue weighted by Gasteiger charge is -1.95. The molecule has 1 N–H and O–H groups in total. The summed E-state index contributed by atoms with van der Waals surface area (Å²) in [4.78, 5) is 4.23. The van der Waals surface area contributed by atoms with Crippen LogP contribution in [0.5, 0.6) is 0 Å². The van der Waals surface area contributed by atoms with Gasteiger partial charge in [-0.25, -0.2) is 4.98 Å². The highest BCUT2D eigenvalue weighted by Crippen LogP contribution is 2.29. The maximum Gasteiger partial charge on any atom is 0.194 e. The van der Waals surface area contributed by atoms with Crippen LogP contribution in [0.3, 0.4) is 0 Å². The molecule has 0 unspecified atom stereocenters. The second-order valence-electron chi connectivity index (χ2n) is 3.43. The Morgan fingerprint density at radius 1 is 1.50 bits per heavy atom. The molecule has 5 heteroatoms. The first-order valence-electron chi connectivity index (χ1n) is 5.14. The highest BCUT2D eigenvalue weighted by Gasteiger charge is 2.11. The van der Waals surface area contributed by atoms with Crippen molar-refractivity contribution >= 4 is 15.9 Å². The molecule has 0 amide bonds. The average molecular weight is 285 g/mol. The Morgan fingerprint density at radius 3 is 3.06 bits per heavy atom. The molecular formula is C11H13BrN2O2. The first-order valence-corrected chi connectivity index (χ1v) is 5.93. The summed E-state index contributed by atoms with van der Waals surface area (Å²) in [6.45, 7) is 0.965. The average Bonchev–Trinajstić information content (AvgIpc) is 2.87. The van der Waals surface area contributed by atoms with Crippen LogP contribution in [0.15, 0.2) is 32.0 Å². The van der Waals surface area contributed by atoms with Crippen LogP contribution in [0.2, 0.25) is 0 Å². The molecule has 0 fully saturated rings. The first-order chi connectivity index (χ1) is 7.81. The van der Waals surface area contributed by atoms with Crippen molar-refractivity contribution < 1.29 is 8.83 Å². The molecule has 0 aliphatic rings. The van der Waals surface area contributed by atoms with Gasteiger partial charge in [-0.05, 0) is 42.0 Å². The number of aromatic nitrogens is 1. The van der Waals surface area contributed by atoms with Crippen LogP contribution >= 0.6 is 15.9 Å². The van der Waals surface area contributed by atoms with Crippen LogP contribution in [0.25, 0.3) is 11.3 Å². The molecule has 2 rings (SSSR count). The van der Waals surface area contributed by atoms with Crippen LogP contribution in [-0.4, -0.2) is 18.6 Å². The molecule has 0 radical (unpaired) electrons.